The first-order valence-corrected chi connectivity index (χ1v) is 10.4. The van der Waals surface area contributed by atoms with E-state index in [0.717, 1.165) is 22.4 Å². The predicted octanol–water partition coefficient (Wildman–Crippen LogP) is 2.66. The molecule has 0 radical (unpaired) electrons. The van der Waals surface area contributed by atoms with Crippen molar-refractivity contribution >= 4 is 17.7 Å². The lowest BCUT2D eigenvalue weighted by atomic mass is 10.1. The number of amides is 1. The van der Waals surface area contributed by atoms with E-state index >= 15 is 0 Å². The average molecular weight is 444 g/mol. The molecule has 1 heterocycles. The first-order valence-electron chi connectivity index (χ1n) is 9.39. The summed E-state index contributed by atoms with van der Waals surface area (Å²) < 4.78 is 18.3. The second-order valence-electron chi connectivity index (χ2n) is 6.70. The Morgan fingerprint density at radius 2 is 1.74 bits per heavy atom. The largest absolute Gasteiger partial charge is 0.493 e. The van der Waals surface area contributed by atoms with Crippen LogP contribution < -0.4 is 25.5 Å². The van der Waals surface area contributed by atoms with Crippen LogP contribution >= 0.6 is 11.8 Å². The number of aryl methyl sites for hydroxylation is 2. The van der Waals surface area contributed by atoms with Crippen LogP contribution in [-0.4, -0.2) is 47.8 Å². The van der Waals surface area contributed by atoms with Crippen molar-refractivity contribution < 1.29 is 19.0 Å². The summed E-state index contributed by atoms with van der Waals surface area (Å²) in [4.78, 5) is 11.7. The summed E-state index contributed by atoms with van der Waals surface area (Å²) in [5.41, 5.74) is 5.93. The average Bonchev–Trinajstić information content (AvgIpc) is 3.19. The zero-order valence-corrected chi connectivity index (χ0v) is 18.9. The molecule has 0 saturated heterocycles. The monoisotopic (exact) mass is 443 g/mol. The van der Waals surface area contributed by atoms with Gasteiger partial charge in [0.1, 0.15) is 0 Å². The van der Waals surface area contributed by atoms with E-state index in [4.69, 9.17) is 20.1 Å². The number of ether oxygens (including phenoxy) is 3. The van der Waals surface area contributed by atoms with Gasteiger partial charge in [0.25, 0.3) is 0 Å². The van der Waals surface area contributed by atoms with Crippen molar-refractivity contribution in [2.45, 2.75) is 19.0 Å². The zero-order chi connectivity index (χ0) is 22.5. The Morgan fingerprint density at radius 1 is 1.06 bits per heavy atom. The van der Waals surface area contributed by atoms with Crippen molar-refractivity contribution in [2.24, 2.45) is 5.84 Å². The van der Waals surface area contributed by atoms with E-state index in [1.54, 1.807) is 21.3 Å². The lowest BCUT2D eigenvalue weighted by Gasteiger charge is -2.16. The Labute approximate surface area is 184 Å². The Hall–Kier alpha value is -3.24. The number of nitrogens with zero attached hydrogens (tertiary/aromatic N) is 3. The van der Waals surface area contributed by atoms with E-state index in [1.807, 2.05) is 42.7 Å². The van der Waals surface area contributed by atoms with E-state index in [2.05, 4.69) is 21.7 Å². The van der Waals surface area contributed by atoms with Crippen molar-refractivity contribution in [3.63, 3.8) is 0 Å². The molecule has 3 rings (SSSR count). The number of rotatable bonds is 8. The van der Waals surface area contributed by atoms with E-state index in [1.165, 1.54) is 11.8 Å². The number of hydrogen-bond acceptors (Lipinski definition) is 8. The first kappa shape index (κ1) is 22.4. The van der Waals surface area contributed by atoms with E-state index < -0.39 is 0 Å². The van der Waals surface area contributed by atoms with Crippen molar-refractivity contribution in [1.29, 1.82) is 0 Å². The Morgan fingerprint density at radius 3 is 2.29 bits per heavy atom. The number of carbonyl (C=O) groups excluding carboxylic acids is 1. The molecule has 31 heavy (non-hydrogen) atoms. The first-order chi connectivity index (χ1) is 14.9. The third-order valence-corrected chi connectivity index (χ3v) is 5.57. The molecule has 2 aromatic carbocycles. The van der Waals surface area contributed by atoms with Crippen LogP contribution in [0.25, 0.3) is 17.1 Å². The van der Waals surface area contributed by atoms with Gasteiger partial charge in [-0.15, -0.1) is 10.2 Å². The molecule has 3 aromatic rings. The summed E-state index contributed by atoms with van der Waals surface area (Å²) in [6, 6.07) is 9.72. The molecule has 0 aliphatic carbocycles. The summed E-state index contributed by atoms with van der Waals surface area (Å²) >= 11 is 1.24. The van der Waals surface area contributed by atoms with E-state index in [-0.39, 0.29) is 11.7 Å². The molecule has 0 fully saturated rings. The van der Waals surface area contributed by atoms with Crippen molar-refractivity contribution in [1.82, 2.24) is 20.2 Å². The molecule has 3 N–H and O–H groups in total. The number of aromatic nitrogens is 3. The molecular formula is C21H25N5O4S. The highest BCUT2D eigenvalue weighted by Gasteiger charge is 2.22. The number of benzene rings is 2. The van der Waals surface area contributed by atoms with Crippen molar-refractivity contribution in [3.05, 3.63) is 41.5 Å². The molecule has 0 spiro atoms. The minimum absolute atomic E-state index is 0.106. The van der Waals surface area contributed by atoms with Gasteiger partial charge in [-0.3, -0.25) is 14.8 Å². The topological polar surface area (TPSA) is 114 Å². The standard InChI is InChI=1S/C21H25N5O4S/c1-12-6-7-15(13(2)8-12)26-20(24-25-21(26)31-11-18(27)23-22)14-9-16(28-3)19(30-5)17(10-14)29-4/h6-10H,11,22H2,1-5H3,(H,23,27). The molecule has 10 heteroatoms. The number of nitrogens with two attached hydrogens (primary N) is 1. The van der Waals surface area contributed by atoms with Crippen LogP contribution in [0.4, 0.5) is 0 Å². The van der Waals surface area contributed by atoms with Crippen LogP contribution in [0.5, 0.6) is 17.2 Å². The van der Waals surface area contributed by atoms with Gasteiger partial charge in [0.15, 0.2) is 22.5 Å². The highest BCUT2D eigenvalue weighted by atomic mass is 32.2. The minimum atomic E-state index is -0.311. The summed E-state index contributed by atoms with van der Waals surface area (Å²) in [6.07, 6.45) is 0. The van der Waals surface area contributed by atoms with E-state index in [9.17, 15) is 4.79 Å². The van der Waals surface area contributed by atoms with Gasteiger partial charge in [0, 0.05) is 5.56 Å². The van der Waals surface area contributed by atoms with Gasteiger partial charge in [-0.05, 0) is 37.6 Å². The Bertz CT molecular complexity index is 1070. The zero-order valence-electron chi connectivity index (χ0n) is 18.1. The Kier molecular flexibility index (Phi) is 7.03. The number of thioether (sulfide) groups is 1. The summed E-state index contributed by atoms with van der Waals surface area (Å²) in [5, 5.41) is 9.30. The second-order valence-corrected chi connectivity index (χ2v) is 7.64. The fourth-order valence-corrected chi connectivity index (χ4v) is 3.96. The number of carbonyl (C=O) groups is 1. The molecule has 9 nitrogen and oxygen atoms in total. The van der Waals surface area contributed by atoms with Crippen LogP contribution in [0.3, 0.4) is 0 Å². The molecule has 0 unspecified atom stereocenters. The fourth-order valence-electron chi connectivity index (χ4n) is 3.21. The SMILES string of the molecule is COc1cc(-c2nnc(SCC(=O)NN)n2-c2ccc(C)cc2C)cc(OC)c1OC. The third-order valence-electron chi connectivity index (χ3n) is 4.64. The van der Waals surface area contributed by atoms with E-state index in [0.29, 0.717) is 28.2 Å². The number of methoxy groups -OCH3 is 3. The Balaban J connectivity index is 2.21. The maximum Gasteiger partial charge on any atom is 0.244 e. The maximum absolute atomic E-state index is 11.7. The molecule has 164 valence electrons. The van der Waals surface area contributed by atoms with Crippen molar-refractivity contribution in [3.8, 4) is 34.3 Å². The predicted molar refractivity (Wildman–Crippen MR) is 119 cm³/mol. The lowest BCUT2D eigenvalue weighted by Crippen LogP contribution is -2.31. The molecule has 0 saturated carbocycles. The summed E-state index contributed by atoms with van der Waals surface area (Å²) in [5.74, 6) is 7.08. The van der Waals surface area contributed by atoms with Crippen LogP contribution in [0.1, 0.15) is 11.1 Å². The highest BCUT2D eigenvalue weighted by molar-refractivity contribution is 7.99. The fraction of sp³-hybridized carbons (Fsp3) is 0.286. The molecule has 0 aliphatic heterocycles. The molecule has 1 amide bonds. The van der Waals surface area contributed by atoms with Gasteiger partial charge < -0.3 is 14.2 Å². The molecule has 0 atom stereocenters. The normalized spacial score (nSPS) is 10.6. The third kappa shape index (κ3) is 4.59. The van der Waals surface area contributed by atoms with Gasteiger partial charge in [0.05, 0.1) is 32.8 Å². The number of nitrogens with one attached hydrogen (secondary N) is 1. The maximum atomic E-state index is 11.7. The van der Waals surface area contributed by atoms with Crippen molar-refractivity contribution in [2.75, 3.05) is 27.1 Å². The van der Waals surface area contributed by atoms with Crippen LogP contribution in [0.15, 0.2) is 35.5 Å². The van der Waals surface area contributed by atoms with Crippen LogP contribution in [0.2, 0.25) is 0 Å². The number of hydrazine groups is 1. The van der Waals surface area contributed by atoms with Gasteiger partial charge in [0.2, 0.25) is 11.7 Å². The van der Waals surface area contributed by atoms with Gasteiger partial charge in [-0.25, -0.2) is 5.84 Å². The van der Waals surface area contributed by atoms with Crippen LogP contribution in [0, 0.1) is 13.8 Å². The molecular weight excluding hydrogens is 418 g/mol. The van der Waals surface area contributed by atoms with Crippen LogP contribution in [-0.2, 0) is 4.79 Å². The minimum Gasteiger partial charge on any atom is -0.493 e. The van der Waals surface area contributed by atoms with Gasteiger partial charge >= 0.3 is 0 Å². The molecule has 0 aliphatic rings. The number of hydrogen-bond donors (Lipinski definition) is 2. The second kappa shape index (κ2) is 9.71. The molecule has 0 bridgehead atoms. The summed E-state index contributed by atoms with van der Waals surface area (Å²) in [6.45, 7) is 4.05. The quantitative estimate of drug-likeness (QED) is 0.236. The van der Waals surface area contributed by atoms with Gasteiger partial charge in [-0.2, -0.15) is 0 Å². The van der Waals surface area contributed by atoms with Gasteiger partial charge in [-0.1, -0.05) is 29.5 Å². The lowest BCUT2D eigenvalue weighted by molar-refractivity contribution is -0.118. The summed E-state index contributed by atoms with van der Waals surface area (Å²) in [7, 11) is 4.67. The smallest absolute Gasteiger partial charge is 0.244 e. The highest BCUT2D eigenvalue weighted by Crippen LogP contribution is 2.42. The molecule has 1 aromatic heterocycles.